The molecule has 0 saturated heterocycles. The molecular weight excluding hydrogens is 335 g/mol. The van der Waals surface area contributed by atoms with Crippen LogP contribution in [0.5, 0.6) is 5.75 Å². The number of rotatable bonds is 6. The number of carbonyl (C=O) groups is 2. The van der Waals surface area contributed by atoms with Gasteiger partial charge < -0.3 is 15.4 Å². The first-order valence-corrected chi connectivity index (χ1v) is 8.54. The monoisotopic (exact) mass is 356 g/mol. The van der Waals surface area contributed by atoms with Crippen LogP contribution in [0.2, 0.25) is 0 Å². The number of amides is 2. The molecular formula is C20H21FN2O3. The number of carbonyl (C=O) groups excluding carboxylic acids is 2. The summed E-state index contributed by atoms with van der Waals surface area (Å²) in [5.74, 6) is -0.506. The van der Waals surface area contributed by atoms with Crippen LogP contribution in [0, 0.1) is 11.2 Å². The van der Waals surface area contributed by atoms with Crippen LogP contribution >= 0.6 is 0 Å². The minimum atomic E-state index is -1.10. The second kappa shape index (κ2) is 7.15. The SMILES string of the molecule is CC(C)Oc1ccc(NC(=O)C2(C(=O)Nc3cccc(F)c3)CC2)cc1. The Kier molecular flexibility index (Phi) is 4.93. The second-order valence-electron chi connectivity index (χ2n) is 6.69. The average molecular weight is 356 g/mol. The van der Waals surface area contributed by atoms with Crippen LogP contribution < -0.4 is 15.4 Å². The van der Waals surface area contributed by atoms with Gasteiger partial charge in [0.1, 0.15) is 17.0 Å². The maximum Gasteiger partial charge on any atom is 0.240 e. The smallest absolute Gasteiger partial charge is 0.240 e. The molecule has 0 radical (unpaired) electrons. The third-order valence-electron chi connectivity index (χ3n) is 4.19. The number of nitrogens with one attached hydrogen (secondary N) is 2. The first kappa shape index (κ1) is 17.9. The van der Waals surface area contributed by atoms with E-state index in [1.807, 2.05) is 13.8 Å². The van der Waals surface area contributed by atoms with E-state index < -0.39 is 17.1 Å². The van der Waals surface area contributed by atoms with Gasteiger partial charge in [-0.3, -0.25) is 9.59 Å². The highest BCUT2D eigenvalue weighted by Gasteiger charge is 2.56. The average Bonchev–Trinajstić information content (AvgIpc) is 3.38. The molecule has 1 saturated carbocycles. The van der Waals surface area contributed by atoms with Crippen LogP contribution in [-0.2, 0) is 9.59 Å². The fourth-order valence-electron chi connectivity index (χ4n) is 2.64. The molecule has 2 aromatic carbocycles. The number of benzene rings is 2. The highest BCUT2D eigenvalue weighted by Crippen LogP contribution is 2.47. The summed E-state index contributed by atoms with van der Waals surface area (Å²) in [6.45, 7) is 3.87. The topological polar surface area (TPSA) is 67.4 Å². The number of halogens is 1. The first-order valence-electron chi connectivity index (χ1n) is 8.54. The molecule has 136 valence electrons. The Balaban J connectivity index is 1.64. The summed E-state index contributed by atoms with van der Waals surface area (Å²) in [6, 6.07) is 12.6. The molecule has 0 spiro atoms. The Morgan fingerprint density at radius 1 is 1.00 bits per heavy atom. The number of ether oxygens (including phenoxy) is 1. The maximum absolute atomic E-state index is 13.2. The molecule has 26 heavy (non-hydrogen) atoms. The minimum Gasteiger partial charge on any atom is -0.491 e. The van der Waals surface area contributed by atoms with Gasteiger partial charge in [0.15, 0.2) is 0 Å². The van der Waals surface area contributed by atoms with Gasteiger partial charge >= 0.3 is 0 Å². The first-order chi connectivity index (χ1) is 12.4. The Labute approximate surface area is 151 Å². The van der Waals surface area contributed by atoms with Crippen molar-refractivity contribution in [3.05, 3.63) is 54.3 Å². The molecule has 6 heteroatoms. The third-order valence-corrected chi connectivity index (χ3v) is 4.19. The number of hydrogen-bond donors (Lipinski definition) is 2. The van der Waals surface area contributed by atoms with Crippen LogP contribution in [0.15, 0.2) is 48.5 Å². The standard InChI is InChI=1S/C20H21FN2O3/c1-13(2)26-17-8-6-15(7-9-17)22-18(24)20(10-11-20)19(25)23-16-5-3-4-14(21)12-16/h3-9,12-13H,10-11H2,1-2H3,(H,22,24)(H,23,25). The molecule has 0 aromatic heterocycles. The van der Waals surface area contributed by atoms with E-state index in [0.717, 1.165) is 0 Å². The summed E-state index contributed by atoms with van der Waals surface area (Å²) < 4.78 is 18.8. The van der Waals surface area contributed by atoms with Gasteiger partial charge in [0.2, 0.25) is 11.8 Å². The lowest BCUT2D eigenvalue weighted by atomic mass is 10.0. The van der Waals surface area contributed by atoms with Crippen molar-refractivity contribution in [2.24, 2.45) is 5.41 Å². The second-order valence-corrected chi connectivity index (χ2v) is 6.69. The van der Waals surface area contributed by atoms with Crippen LogP contribution in [0.1, 0.15) is 26.7 Å². The fourth-order valence-corrected chi connectivity index (χ4v) is 2.64. The van der Waals surface area contributed by atoms with Gasteiger partial charge in [0, 0.05) is 11.4 Å². The van der Waals surface area contributed by atoms with Crippen molar-refractivity contribution in [1.29, 1.82) is 0 Å². The van der Waals surface area contributed by atoms with Crippen LogP contribution in [0.4, 0.5) is 15.8 Å². The number of anilines is 2. The Hall–Kier alpha value is -2.89. The van der Waals surface area contributed by atoms with Crippen LogP contribution in [0.3, 0.4) is 0 Å². The molecule has 0 unspecified atom stereocenters. The van der Waals surface area contributed by atoms with E-state index in [1.165, 1.54) is 18.2 Å². The molecule has 0 atom stereocenters. The van der Waals surface area contributed by atoms with E-state index >= 15 is 0 Å². The number of hydrogen-bond acceptors (Lipinski definition) is 3. The summed E-state index contributed by atoms with van der Waals surface area (Å²) >= 11 is 0. The van der Waals surface area contributed by atoms with Crippen molar-refractivity contribution >= 4 is 23.2 Å². The van der Waals surface area contributed by atoms with Gasteiger partial charge in [-0.2, -0.15) is 0 Å². The lowest BCUT2D eigenvalue weighted by Gasteiger charge is -2.16. The van der Waals surface area contributed by atoms with Gasteiger partial charge in [-0.25, -0.2) is 4.39 Å². The quantitative estimate of drug-likeness (QED) is 0.770. The molecule has 1 aliphatic carbocycles. The molecule has 5 nitrogen and oxygen atoms in total. The van der Waals surface area contributed by atoms with Crippen LogP contribution in [0.25, 0.3) is 0 Å². The molecule has 2 N–H and O–H groups in total. The molecule has 1 fully saturated rings. The lowest BCUT2D eigenvalue weighted by molar-refractivity contribution is -0.131. The Morgan fingerprint density at radius 3 is 2.15 bits per heavy atom. The van der Waals surface area contributed by atoms with E-state index in [4.69, 9.17) is 4.74 Å². The zero-order valence-corrected chi connectivity index (χ0v) is 14.7. The molecule has 0 heterocycles. The normalized spacial score (nSPS) is 14.6. The largest absolute Gasteiger partial charge is 0.491 e. The fraction of sp³-hybridized carbons (Fsp3) is 0.300. The van der Waals surface area contributed by atoms with E-state index in [-0.39, 0.29) is 12.0 Å². The van der Waals surface area contributed by atoms with Crippen molar-refractivity contribution in [3.8, 4) is 5.75 Å². The van der Waals surface area contributed by atoms with Crippen molar-refractivity contribution in [1.82, 2.24) is 0 Å². The van der Waals surface area contributed by atoms with Crippen molar-refractivity contribution in [2.75, 3.05) is 10.6 Å². The summed E-state index contributed by atoms with van der Waals surface area (Å²) in [5, 5.41) is 5.40. The third kappa shape index (κ3) is 4.02. The van der Waals surface area contributed by atoms with E-state index in [0.29, 0.717) is 30.0 Å². The Bertz CT molecular complexity index is 814. The molecule has 0 aliphatic heterocycles. The highest BCUT2D eigenvalue weighted by atomic mass is 19.1. The van der Waals surface area contributed by atoms with E-state index in [1.54, 1.807) is 30.3 Å². The lowest BCUT2D eigenvalue weighted by Crippen LogP contribution is -2.35. The summed E-state index contributed by atoms with van der Waals surface area (Å²) in [6.07, 6.45) is 1.000. The predicted octanol–water partition coefficient (Wildman–Crippen LogP) is 3.97. The minimum absolute atomic E-state index is 0.0664. The van der Waals surface area contributed by atoms with E-state index in [2.05, 4.69) is 10.6 Å². The zero-order chi connectivity index (χ0) is 18.7. The molecule has 1 aliphatic rings. The van der Waals surface area contributed by atoms with E-state index in [9.17, 15) is 14.0 Å². The van der Waals surface area contributed by atoms with Crippen molar-refractivity contribution < 1.29 is 18.7 Å². The van der Waals surface area contributed by atoms with Gasteiger partial charge in [-0.05, 0) is 69.2 Å². The zero-order valence-electron chi connectivity index (χ0n) is 14.7. The summed E-state index contributed by atoms with van der Waals surface area (Å²) in [4.78, 5) is 25.1. The highest BCUT2D eigenvalue weighted by molar-refractivity contribution is 6.16. The predicted molar refractivity (Wildman–Crippen MR) is 97.5 cm³/mol. The van der Waals surface area contributed by atoms with Gasteiger partial charge in [-0.15, -0.1) is 0 Å². The molecule has 2 amide bonds. The van der Waals surface area contributed by atoms with Gasteiger partial charge in [0.25, 0.3) is 0 Å². The Morgan fingerprint density at radius 2 is 1.62 bits per heavy atom. The molecule has 3 rings (SSSR count). The summed E-state index contributed by atoms with van der Waals surface area (Å²) in [5.41, 5.74) is -0.167. The van der Waals surface area contributed by atoms with Crippen molar-refractivity contribution in [2.45, 2.75) is 32.8 Å². The van der Waals surface area contributed by atoms with Crippen molar-refractivity contribution in [3.63, 3.8) is 0 Å². The summed E-state index contributed by atoms with van der Waals surface area (Å²) in [7, 11) is 0. The maximum atomic E-state index is 13.2. The van der Waals surface area contributed by atoms with Gasteiger partial charge in [-0.1, -0.05) is 6.07 Å². The molecule has 0 bridgehead atoms. The molecule has 2 aromatic rings. The van der Waals surface area contributed by atoms with Gasteiger partial charge in [0.05, 0.1) is 6.10 Å². The van der Waals surface area contributed by atoms with Crippen LogP contribution in [-0.4, -0.2) is 17.9 Å².